The monoisotopic (exact) mass is 576 g/mol. The van der Waals surface area contributed by atoms with Crippen LogP contribution in [0.3, 0.4) is 0 Å². The molecule has 0 aliphatic carbocycles. The highest BCUT2D eigenvalue weighted by molar-refractivity contribution is 7.92. The molecule has 0 fully saturated rings. The van der Waals surface area contributed by atoms with Crippen LogP contribution in [-0.4, -0.2) is 55.7 Å². The van der Waals surface area contributed by atoms with Crippen LogP contribution in [0.2, 0.25) is 0 Å². The highest BCUT2D eigenvalue weighted by atomic mass is 32.2. The maximum absolute atomic E-state index is 12.9. The smallest absolute Gasteiger partial charge is 0.404 e. The molecule has 1 atom stereocenters. The quantitative estimate of drug-likeness (QED) is 0.256. The third-order valence-electron chi connectivity index (χ3n) is 5.62. The van der Waals surface area contributed by atoms with Gasteiger partial charge >= 0.3 is 12.1 Å². The molecule has 0 saturated carbocycles. The SMILES string of the molecule is CCCOC(=O)c1nnc(N=Nc2cc3c(cc2NS(=O)(=O)CC(F)(F)F)N(CC(C)C)C(CC)CC3)s1. The lowest BCUT2D eigenvalue weighted by molar-refractivity contribution is -0.106. The van der Waals surface area contributed by atoms with Crippen LogP contribution in [0.15, 0.2) is 22.4 Å². The zero-order valence-corrected chi connectivity index (χ0v) is 23.2. The van der Waals surface area contributed by atoms with E-state index in [0.717, 1.165) is 35.4 Å². The van der Waals surface area contributed by atoms with Gasteiger partial charge in [-0.05, 0) is 49.3 Å². The van der Waals surface area contributed by atoms with E-state index in [2.05, 4.69) is 46.1 Å². The number of alkyl halides is 3. The van der Waals surface area contributed by atoms with Crippen molar-refractivity contribution in [2.24, 2.45) is 16.1 Å². The van der Waals surface area contributed by atoms with Crippen LogP contribution in [0.1, 0.15) is 62.3 Å². The second kappa shape index (κ2) is 12.4. The Morgan fingerprint density at radius 2 is 2.00 bits per heavy atom. The summed E-state index contributed by atoms with van der Waals surface area (Å²) >= 11 is 0.824. The molecule has 10 nitrogen and oxygen atoms in total. The normalized spacial score (nSPS) is 16.2. The maximum atomic E-state index is 12.9. The van der Waals surface area contributed by atoms with Gasteiger partial charge in [0.2, 0.25) is 15.0 Å². The van der Waals surface area contributed by atoms with Crippen molar-refractivity contribution in [3.05, 3.63) is 22.7 Å². The Morgan fingerprint density at radius 1 is 1.26 bits per heavy atom. The fourth-order valence-corrected chi connectivity index (χ4v) is 5.66. The Morgan fingerprint density at radius 3 is 2.63 bits per heavy atom. The van der Waals surface area contributed by atoms with E-state index < -0.39 is 27.9 Å². The predicted molar refractivity (Wildman–Crippen MR) is 139 cm³/mol. The van der Waals surface area contributed by atoms with E-state index in [-0.39, 0.29) is 34.2 Å². The highest BCUT2D eigenvalue weighted by Gasteiger charge is 2.36. The summed E-state index contributed by atoms with van der Waals surface area (Å²) in [5, 5.41) is 15.5. The fourth-order valence-electron chi connectivity index (χ4n) is 4.10. The highest BCUT2D eigenvalue weighted by Crippen LogP contribution is 2.41. The lowest BCUT2D eigenvalue weighted by atomic mass is 9.92. The summed E-state index contributed by atoms with van der Waals surface area (Å²) in [6.45, 7) is 8.95. The Bertz CT molecular complexity index is 1260. The van der Waals surface area contributed by atoms with E-state index in [1.54, 1.807) is 6.07 Å². The average Bonchev–Trinajstić information content (AvgIpc) is 3.28. The van der Waals surface area contributed by atoms with Gasteiger partial charge in [0.1, 0.15) is 5.69 Å². The van der Waals surface area contributed by atoms with Gasteiger partial charge in [0, 0.05) is 18.3 Å². The molecule has 210 valence electrons. The number of rotatable bonds is 11. The third-order valence-corrected chi connectivity index (χ3v) is 7.64. The Kier molecular flexibility index (Phi) is 9.68. The maximum Gasteiger partial charge on any atom is 0.404 e. The number of azo groups is 1. The number of esters is 1. The zero-order valence-electron chi connectivity index (χ0n) is 21.6. The van der Waals surface area contributed by atoms with Gasteiger partial charge in [-0.25, -0.2) is 13.2 Å². The van der Waals surface area contributed by atoms with Gasteiger partial charge in [-0.2, -0.15) is 13.2 Å². The van der Waals surface area contributed by atoms with Crippen LogP contribution >= 0.6 is 11.3 Å². The molecule has 0 radical (unpaired) electrons. The lowest BCUT2D eigenvalue weighted by Crippen LogP contribution is -2.41. The number of carbonyl (C=O) groups is 1. The molecule has 1 unspecified atom stereocenters. The molecule has 0 spiro atoms. The molecule has 0 amide bonds. The van der Waals surface area contributed by atoms with Gasteiger partial charge in [-0.3, -0.25) is 4.72 Å². The summed E-state index contributed by atoms with van der Waals surface area (Å²) in [5.74, 6) is -2.40. The number of nitrogens with one attached hydrogen (secondary N) is 1. The van der Waals surface area contributed by atoms with Crippen molar-refractivity contribution in [2.75, 3.05) is 28.5 Å². The summed E-state index contributed by atoms with van der Waals surface area (Å²) in [6.07, 6.45) is -1.87. The molecule has 38 heavy (non-hydrogen) atoms. The lowest BCUT2D eigenvalue weighted by Gasteiger charge is -2.40. The minimum atomic E-state index is -4.92. The first-order valence-corrected chi connectivity index (χ1v) is 14.7. The fraction of sp³-hybridized carbons (Fsp3) is 0.609. The molecular formula is C23H31F3N6O4S2. The Hall–Kier alpha value is -2.81. The largest absolute Gasteiger partial charge is 0.460 e. The van der Waals surface area contributed by atoms with E-state index in [0.29, 0.717) is 25.3 Å². The van der Waals surface area contributed by atoms with Crippen molar-refractivity contribution < 1.29 is 31.1 Å². The number of ether oxygens (including phenoxy) is 1. The third kappa shape index (κ3) is 8.09. The Labute approximate surface area is 223 Å². The van der Waals surface area contributed by atoms with Gasteiger partial charge in [0.05, 0.1) is 12.3 Å². The van der Waals surface area contributed by atoms with Crippen LogP contribution in [0.4, 0.5) is 35.4 Å². The van der Waals surface area contributed by atoms with E-state index in [1.807, 2.05) is 11.6 Å². The molecule has 2 heterocycles. The van der Waals surface area contributed by atoms with Crippen molar-refractivity contribution in [1.82, 2.24) is 10.2 Å². The van der Waals surface area contributed by atoms with Crippen molar-refractivity contribution in [1.29, 1.82) is 0 Å². The first-order valence-electron chi connectivity index (χ1n) is 12.2. The number of aryl methyl sites for hydroxylation is 1. The minimum Gasteiger partial charge on any atom is -0.460 e. The number of hydrogen-bond acceptors (Lipinski definition) is 10. The molecule has 2 aromatic rings. The molecule has 1 aromatic heterocycles. The molecule has 15 heteroatoms. The van der Waals surface area contributed by atoms with E-state index in [1.165, 1.54) is 6.07 Å². The zero-order chi connectivity index (χ0) is 28.1. The van der Waals surface area contributed by atoms with E-state index >= 15 is 0 Å². The molecule has 1 aliphatic heterocycles. The molecular weight excluding hydrogens is 545 g/mol. The summed E-state index contributed by atoms with van der Waals surface area (Å²) in [4.78, 5) is 14.1. The number of hydrogen-bond donors (Lipinski definition) is 1. The number of aromatic nitrogens is 2. The molecule has 1 aromatic carbocycles. The van der Waals surface area contributed by atoms with Crippen LogP contribution in [0.5, 0.6) is 0 Å². The average molecular weight is 577 g/mol. The van der Waals surface area contributed by atoms with Gasteiger partial charge in [0.15, 0.2) is 5.75 Å². The number of nitrogens with zero attached hydrogens (tertiary/aromatic N) is 5. The number of benzene rings is 1. The number of fused-ring (bicyclic) bond motifs is 1. The van der Waals surface area contributed by atoms with Gasteiger partial charge in [-0.1, -0.05) is 39.0 Å². The number of carbonyl (C=O) groups excluding carboxylic acids is 1. The molecule has 0 saturated heterocycles. The van der Waals surface area contributed by atoms with Gasteiger partial charge < -0.3 is 9.64 Å². The summed E-state index contributed by atoms with van der Waals surface area (Å²) in [5.41, 5.74) is 1.52. The van der Waals surface area contributed by atoms with Crippen LogP contribution in [-0.2, 0) is 21.2 Å². The van der Waals surface area contributed by atoms with Gasteiger partial charge in [0.25, 0.3) is 5.13 Å². The van der Waals surface area contributed by atoms with Crippen molar-refractivity contribution >= 4 is 49.5 Å². The number of halogens is 3. The van der Waals surface area contributed by atoms with E-state index in [4.69, 9.17) is 4.74 Å². The number of sulfonamides is 1. The van der Waals surface area contributed by atoms with Gasteiger partial charge in [-0.15, -0.1) is 20.4 Å². The molecule has 1 N–H and O–H groups in total. The first-order chi connectivity index (χ1) is 17.8. The second-order valence-corrected chi connectivity index (χ2v) is 12.0. The summed E-state index contributed by atoms with van der Waals surface area (Å²) in [7, 11) is -4.78. The van der Waals surface area contributed by atoms with E-state index in [9.17, 15) is 26.4 Å². The number of anilines is 2. The topological polar surface area (TPSA) is 126 Å². The second-order valence-electron chi connectivity index (χ2n) is 9.35. The standard InChI is InChI=1S/C23H31F3N6O4S2/c1-5-9-36-21(33)20-28-30-22(37-20)29-27-17-10-15-7-8-16(6-2)32(12-14(3)4)19(15)11-18(17)31-38(34,35)13-23(24,25)26/h10-11,14,16,31H,5-9,12-13H2,1-4H3. The molecule has 1 aliphatic rings. The molecule has 0 bridgehead atoms. The van der Waals surface area contributed by atoms with Crippen LogP contribution < -0.4 is 9.62 Å². The summed E-state index contributed by atoms with van der Waals surface area (Å²) < 4.78 is 70.6. The molecule has 3 rings (SSSR count). The van der Waals surface area contributed by atoms with Crippen LogP contribution in [0, 0.1) is 5.92 Å². The van der Waals surface area contributed by atoms with Crippen molar-refractivity contribution in [2.45, 2.75) is 65.6 Å². The minimum absolute atomic E-state index is 0.00255. The van der Waals surface area contributed by atoms with Crippen molar-refractivity contribution in [3.8, 4) is 0 Å². The predicted octanol–water partition coefficient (Wildman–Crippen LogP) is 6.01. The first kappa shape index (κ1) is 29.7. The van der Waals surface area contributed by atoms with Crippen molar-refractivity contribution in [3.63, 3.8) is 0 Å². The summed E-state index contributed by atoms with van der Waals surface area (Å²) in [6, 6.07) is 3.36. The Balaban J connectivity index is 2.01. The van der Waals surface area contributed by atoms with Crippen LogP contribution in [0.25, 0.3) is 0 Å².